The summed E-state index contributed by atoms with van der Waals surface area (Å²) in [6.45, 7) is 8.08. The Morgan fingerprint density at radius 1 is 1.25 bits per heavy atom. The molecule has 5 nitrogen and oxygen atoms in total. The molecule has 1 aliphatic rings. The van der Waals surface area contributed by atoms with Gasteiger partial charge < -0.3 is 24.8 Å². The predicted molar refractivity (Wildman–Crippen MR) is 83.5 cm³/mol. The van der Waals surface area contributed by atoms with Crippen LogP contribution in [0.4, 0.5) is 11.4 Å². The largest absolute Gasteiger partial charge is 0.492 e. The van der Waals surface area contributed by atoms with E-state index in [4.69, 9.17) is 19.9 Å². The lowest BCUT2D eigenvalue weighted by molar-refractivity contribution is 0.122. The van der Waals surface area contributed by atoms with E-state index in [-0.39, 0.29) is 0 Å². The molecule has 1 aromatic carbocycles. The molecule has 20 heavy (non-hydrogen) atoms. The Bertz CT molecular complexity index is 462. The molecule has 6 heteroatoms. The molecular weight excluding hydrogens is 276 g/mol. The zero-order valence-electron chi connectivity index (χ0n) is 12.0. The third-order valence-electron chi connectivity index (χ3n) is 3.18. The summed E-state index contributed by atoms with van der Waals surface area (Å²) in [6.07, 6.45) is 0. The van der Waals surface area contributed by atoms with Gasteiger partial charge in [0.15, 0.2) is 5.75 Å². The average Bonchev–Trinajstić information content (AvgIpc) is 2.48. The lowest BCUT2D eigenvalue weighted by Gasteiger charge is -2.31. The first-order valence-electron chi connectivity index (χ1n) is 6.92. The van der Waals surface area contributed by atoms with Crippen LogP contribution in [0.1, 0.15) is 13.8 Å². The fourth-order valence-electron chi connectivity index (χ4n) is 2.23. The zero-order valence-corrected chi connectivity index (χ0v) is 12.9. The van der Waals surface area contributed by atoms with Gasteiger partial charge in [0.2, 0.25) is 0 Å². The first kappa shape index (κ1) is 15.1. The second-order valence-electron chi connectivity index (χ2n) is 4.45. The average molecular weight is 298 g/mol. The number of ether oxygens (including phenoxy) is 3. The minimum Gasteiger partial charge on any atom is -0.492 e. The zero-order chi connectivity index (χ0) is 14.5. The highest BCUT2D eigenvalue weighted by atomic mass is 32.1. The van der Waals surface area contributed by atoms with E-state index in [1.54, 1.807) is 0 Å². The highest BCUT2D eigenvalue weighted by Crippen LogP contribution is 2.44. The predicted octanol–water partition coefficient (Wildman–Crippen LogP) is 2.19. The molecule has 0 aromatic heterocycles. The first-order chi connectivity index (χ1) is 9.69. The van der Waals surface area contributed by atoms with Crippen molar-refractivity contribution in [3.63, 3.8) is 0 Å². The van der Waals surface area contributed by atoms with Crippen LogP contribution in [0.2, 0.25) is 0 Å². The van der Waals surface area contributed by atoms with Crippen LogP contribution in [0.5, 0.6) is 11.5 Å². The number of nitrogens with zero attached hydrogens (tertiary/aromatic N) is 1. The molecule has 0 radical (unpaired) electrons. The monoisotopic (exact) mass is 298 g/mol. The Balaban J connectivity index is 2.44. The summed E-state index contributed by atoms with van der Waals surface area (Å²) in [7, 11) is 0. The maximum Gasteiger partial charge on any atom is 0.158 e. The van der Waals surface area contributed by atoms with Crippen LogP contribution in [0.3, 0.4) is 0 Å². The third-order valence-corrected chi connectivity index (χ3v) is 3.62. The van der Waals surface area contributed by atoms with Gasteiger partial charge in [-0.15, -0.1) is 12.6 Å². The molecule has 0 unspecified atom stereocenters. The number of hydrogen-bond acceptors (Lipinski definition) is 6. The van der Waals surface area contributed by atoms with Crippen LogP contribution < -0.4 is 20.1 Å². The minimum absolute atomic E-state index is 0.524. The van der Waals surface area contributed by atoms with Gasteiger partial charge in [-0.3, -0.25) is 0 Å². The number of benzene rings is 1. The van der Waals surface area contributed by atoms with Crippen LogP contribution in [0, 0.1) is 0 Å². The molecule has 2 N–H and O–H groups in total. The molecule has 0 bridgehead atoms. The van der Waals surface area contributed by atoms with Crippen LogP contribution >= 0.6 is 12.6 Å². The van der Waals surface area contributed by atoms with Gasteiger partial charge in [0.05, 0.1) is 42.7 Å². The second kappa shape index (κ2) is 6.95. The Labute approximate surface area is 125 Å². The standard InChI is InChI=1S/C14H22N2O3S/c1-3-18-11-9-10(16-5-7-17-8-6-16)13(19-4-2)14(20)12(11)15/h9,20H,3-8,15H2,1-2H3. The summed E-state index contributed by atoms with van der Waals surface area (Å²) < 4.78 is 16.7. The van der Waals surface area contributed by atoms with Crippen molar-refractivity contribution in [1.82, 2.24) is 0 Å². The fraction of sp³-hybridized carbons (Fsp3) is 0.571. The minimum atomic E-state index is 0.524. The maximum atomic E-state index is 6.07. The van der Waals surface area contributed by atoms with Crippen molar-refractivity contribution in [2.24, 2.45) is 0 Å². The molecule has 1 fully saturated rings. The number of nitrogen functional groups attached to an aromatic ring is 1. The SMILES string of the molecule is CCOc1cc(N2CCOCC2)c(OCC)c(S)c1N. The van der Waals surface area contributed by atoms with E-state index >= 15 is 0 Å². The van der Waals surface area contributed by atoms with Crippen LogP contribution in [-0.4, -0.2) is 39.5 Å². The molecule has 2 rings (SSSR count). The van der Waals surface area contributed by atoms with Gasteiger partial charge >= 0.3 is 0 Å². The second-order valence-corrected chi connectivity index (χ2v) is 4.90. The van der Waals surface area contributed by atoms with E-state index in [0.717, 1.165) is 24.5 Å². The molecule has 0 spiro atoms. The number of hydrogen-bond donors (Lipinski definition) is 2. The van der Waals surface area contributed by atoms with Crippen molar-refractivity contribution < 1.29 is 14.2 Å². The molecule has 112 valence electrons. The smallest absolute Gasteiger partial charge is 0.158 e. The fourth-order valence-corrected chi connectivity index (χ4v) is 2.52. The van der Waals surface area contributed by atoms with Crippen molar-refractivity contribution >= 4 is 24.0 Å². The number of thiol groups is 1. The summed E-state index contributed by atoms with van der Waals surface area (Å²) in [6, 6.07) is 1.94. The van der Waals surface area contributed by atoms with Gasteiger partial charge in [-0.05, 0) is 13.8 Å². The normalized spacial score (nSPS) is 15.2. The summed E-state index contributed by atoms with van der Waals surface area (Å²) in [4.78, 5) is 2.86. The molecule has 0 amide bonds. The van der Waals surface area contributed by atoms with Crippen LogP contribution in [-0.2, 0) is 4.74 Å². The molecule has 1 saturated heterocycles. The molecule has 1 aliphatic heterocycles. The number of nitrogens with two attached hydrogens (primary N) is 1. The van der Waals surface area contributed by atoms with E-state index in [1.807, 2.05) is 19.9 Å². The van der Waals surface area contributed by atoms with Crippen LogP contribution in [0.25, 0.3) is 0 Å². The van der Waals surface area contributed by atoms with Gasteiger partial charge in [0.25, 0.3) is 0 Å². The van der Waals surface area contributed by atoms with E-state index in [1.165, 1.54) is 0 Å². The Hall–Kier alpha value is -1.27. The van der Waals surface area contributed by atoms with Crippen molar-refractivity contribution in [3.8, 4) is 11.5 Å². The van der Waals surface area contributed by atoms with Gasteiger partial charge in [-0.25, -0.2) is 0 Å². The van der Waals surface area contributed by atoms with E-state index in [2.05, 4.69) is 17.5 Å². The van der Waals surface area contributed by atoms with Crippen molar-refractivity contribution in [3.05, 3.63) is 6.07 Å². The maximum absolute atomic E-state index is 6.07. The van der Waals surface area contributed by atoms with Gasteiger partial charge in [-0.2, -0.15) is 0 Å². The summed E-state index contributed by atoms with van der Waals surface area (Å²) in [5, 5.41) is 0. The quantitative estimate of drug-likeness (QED) is 0.644. The van der Waals surface area contributed by atoms with Crippen LogP contribution in [0.15, 0.2) is 11.0 Å². The first-order valence-corrected chi connectivity index (χ1v) is 7.37. The molecule has 0 saturated carbocycles. The summed E-state index contributed by atoms with van der Waals surface area (Å²) >= 11 is 4.51. The molecule has 0 atom stereocenters. The highest BCUT2D eigenvalue weighted by molar-refractivity contribution is 7.80. The lowest BCUT2D eigenvalue weighted by atomic mass is 10.2. The highest BCUT2D eigenvalue weighted by Gasteiger charge is 2.22. The number of morpholine rings is 1. The van der Waals surface area contributed by atoms with E-state index < -0.39 is 0 Å². The Morgan fingerprint density at radius 3 is 2.50 bits per heavy atom. The van der Waals surface area contributed by atoms with Crippen molar-refractivity contribution in [2.45, 2.75) is 18.7 Å². The lowest BCUT2D eigenvalue weighted by Crippen LogP contribution is -2.36. The Kier molecular flexibility index (Phi) is 5.25. The molecule has 1 aromatic rings. The van der Waals surface area contributed by atoms with E-state index in [9.17, 15) is 0 Å². The Morgan fingerprint density at radius 2 is 1.90 bits per heavy atom. The van der Waals surface area contributed by atoms with E-state index in [0.29, 0.717) is 42.8 Å². The van der Waals surface area contributed by atoms with Crippen molar-refractivity contribution in [2.75, 3.05) is 50.2 Å². The summed E-state index contributed by atoms with van der Waals surface area (Å²) in [5.74, 6) is 1.38. The molecule has 0 aliphatic carbocycles. The number of rotatable bonds is 5. The van der Waals surface area contributed by atoms with Gasteiger partial charge in [0.1, 0.15) is 5.75 Å². The topological polar surface area (TPSA) is 57.0 Å². The molecule has 1 heterocycles. The molecular formula is C14H22N2O3S. The summed E-state index contributed by atoms with van der Waals surface area (Å²) in [5.41, 5.74) is 7.57. The third kappa shape index (κ3) is 3.07. The van der Waals surface area contributed by atoms with Gasteiger partial charge in [0, 0.05) is 19.2 Å². The van der Waals surface area contributed by atoms with Gasteiger partial charge in [-0.1, -0.05) is 0 Å². The number of anilines is 2. The van der Waals surface area contributed by atoms with Crippen molar-refractivity contribution in [1.29, 1.82) is 0 Å².